The number of esters is 1. The van der Waals surface area contributed by atoms with Crippen LogP contribution in [0.3, 0.4) is 0 Å². The van der Waals surface area contributed by atoms with Crippen LogP contribution in [-0.4, -0.2) is 29.6 Å². The number of aryl methyl sites for hydroxylation is 1. The van der Waals surface area contributed by atoms with Crippen LogP contribution in [0.15, 0.2) is 47.5 Å². The molecular weight excluding hydrogens is 298 g/mol. The molecule has 2 aliphatic heterocycles. The first-order chi connectivity index (χ1) is 10.4. The maximum Gasteiger partial charge on any atom is 0.350 e. The minimum Gasteiger partial charge on any atom is -0.449 e. The first kappa shape index (κ1) is 15.3. The van der Waals surface area contributed by atoms with E-state index in [1.807, 2.05) is 13.0 Å². The van der Waals surface area contributed by atoms with E-state index in [2.05, 4.69) is 42.7 Å². The Labute approximate surface area is 136 Å². The molecule has 4 heteroatoms. The number of hydrogen-bond donors (Lipinski definition) is 0. The molecule has 1 saturated heterocycles. The molecule has 0 saturated carbocycles. The number of benzene rings is 1. The molecule has 0 bridgehead atoms. The number of ether oxygens (including phenoxy) is 1. The molecule has 22 heavy (non-hydrogen) atoms. The summed E-state index contributed by atoms with van der Waals surface area (Å²) in [6, 6.07) is 8.70. The summed E-state index contributed by atoms with van der Waals surface area (Å²) in [6.07, 6.45) is 2.59. The number of rotatable bonds is 3. The highest BCUT2D eigenvalue weighted by Crippen LogP contribution is 2.46. The predicted octanol–water partition coefficient (Wildman–Crippen LogP) is 3.74. The first-order valence-corrected chi connectivity index (χ1v) is 7.86. The number of piperidine rings is 1. The lowest BCUT2D eigenvalue weighted by Gasteiger charge is -2.43. The predicted molar refractivity (Wildman–Crippen MR) is 87.7 cm³/mol. The van der Waals surface area contributed by atoms with Gasteiger partial charge in [0.2, 0.25) is 0 Å². The number of fused-ring (bicyclic) bond motifs is 1. The van der Waals surface area contributed by atoms with Gasteiger partial charge in [0.05, 0.1) is 0 Å². The van der Waals surface area contributed by atoms with Gasteiger partial charge in [-0.05, 0) is 25.8 Å². The van der Waals surface area contributed by atoms with E-state index in [0.717, 1.165) is 12.1 Å². The van der Waals surface area contributed by atoms with Crippen molar-refractivity contribution in [3.63, 3.8) is 0 Å². The Kier molecular flexibility index (Phi) is 3.87. The Morgan fingerprint density at radius 1 is 1.45 bits per heavy atom. The molecular formula is C18H20ClNO2. The van der Waals surface area contributed by atoms with Crippen molar-refractivity contribution in [3.8, 4) is 0 Å². The lowest BCUT2D eigenvalue weighted by Crippen LogP contribution is -2.49. The highest BCUT2D eigenvalue weighted by molar-refractivity contribution is 6.42. The summed E-state index contributed by atoms with van der Waals surface area (Å²) >= 11 is 6.20. The van der Waals surface area contributed by atoms with E-state index in [1.54, 1.807) is 0 Å². The van der Waals surface area contributed by atoms with E-state index in [4.69, 9.17) is 16.3 Å². The molecule has 2 unspecified atom stereocenters. The van der Waals surface area contributed by atoms with Crippen LogP contribution < -0.4 is 0 Å². The van der Waals surface area contributed by atoms with Gasteiger partial charge in [-0.1, -0.05) is 47.5 Å². The van der Waals surface area contributed by atoms with Gasteiger partial charge in [0, 0.05) is 24.7 Å². The SMILES string of the molecule is C=CCN1CC2(C)OC(=O)C(Cl)=C2CC1c1ccc(C)cc1. The third kappa shape index (κ3) is 2.49. The molecule has 2 atom stereocenters. The zero-order chi connectivity index (χ0) is 15.9. The van der Waals surface area contributed by atoms with Crippen LogP contribution in [0, 0.1) is 6.92 Å². The van der Waals surface area contributed by atoms with Crippen LogP contribution in [0.2, 0.25) is 0 Å². The van der Waals surface area contributed by atoms with Crippen LogP contribution in [0.25, 0.3) is 0 Å². The first-order valence-electron chi connectivity index (χ1n) is 7.48. The molecule has 116 valence electrons. The lowest BCUT2D eigenvalue weighted by molar-refractivity contribution is -0.148. The van der Waals surface area contributed by atoms with E-state index >= 15 is 0 Å². The van der Waals surface area contributed by atoms with E-state index in [1.165, 1.54) is 11.1 Å². The van der Waals surface area contributed by atoms with Crippen molar-refractivity contribution >= 4 is 17.6 Å². The molecule has 0 N–H and O–H groups in total. The quantitative estimate of drug-likeness (QED) is 0.628. The van der Waals surface area contributed by atoms with E-state index in [0.29, 0.717) is 13.0 Å². The molecule has 2 heterocycles. The summed E-state index contributed by atoms with van der Waals surface area (Å²) in [7, 11) is 0. The Hall–Kier alpha value is -1.58. The average molecular weight is 318 g/mol. The normalized spacial score (nSPS) is 28.5. The average Bonchev–Trinajstić information content (AvgIpc) is 2.69. The maximum absolute atomic E-state index is 11.8. The number of nitrogens with zero attached hydrogens (tertiary/aromatic N) is 1. The standard InChI is InChI=1S/C18H20ClNO2/c1-4-9-20-11-18(3)14(16(19)17(21)22-18)10-15(20)13-7-5-12(2)6-8-13/h4-8,15H,1,9-11H2,2-3H3. The summed E-state index contributed by atoms with van der Waals surface area (Å²) in [4.78, 5) is 14.1. The van der Waals surface area contributed by atoms with Crippen LogP contribution in [0.1, 0.15) is 30.5 Å². The van der Waals surface area contributed by atoms with Gasteiger partial charge in [0.25, 0.3) is 0 Å². The van der Waals surface area contributed by atoms with Gasteiger partial charge in [-0.25, -0.2) is 4.79 Å². The minimum atomic E-state index is -0.613. The molecule has 0 spiro atoms. The fourth-order valence-corrected chi connectivity index (χ4v) is 3.71. The van der Waals surface area contributed by atoms with Crippen molar-refractivity contribution in [1.82, 2.24) is 4.90 Å². The number of halogens is 1. The molecule has 0 aliphatic carbocycles. The molecule has 0 amide bonds. The highest BCUT2D eigenvalue weighted by atomic mass is 35.5. The summed E-state index contributed by atoms with van der Waals surface area (Å²) in [5.74, 6) is -0.401. The molecule has 3 nitrogen and oxygen atoms in total. The monoisotopic (exact) mass is 317 g/mol. The Balaban J connectivity index is 1.99. The summed E-state index contributed by atoms with van der Waals surface area (Å²) in [6.45, 7) is 9.25. The Morgan fingerprint density at radius 2 is 2.14 bits per heavy atom. The van der Waals surface area contributed by atoms with E-state index < -0.39 is 11.6 Å². The summed E-state index contributed by atoms with van der Waals surface area (Å²) in [5.41, 5.74) is 2.77. The van der Waals surface area contributed by atoms with E-state index in [9.17, 15) is 4.79 Å². The van der Waals surface area contributed by atoms with Gasteiger partial charge in [0.15, 0.2) is 0 Å². The smallest absolute Gasteiger partial charge is 0.350 e. The topological polar surface area (TPSA) is 29.5 Å². The van der Waals surface area contributed by atoms with Crippen molar-refractivity contribution in [2.24, 2.45) is 0 Å². The lowest BCUT2D eigenvalue weighted by atomic mass is 9.83. The maximum atomic E-state index is 11.8. The van der Waals surface area contributed by atoms with Crippen molar-refractivity contribution in [1.29, 1.82) is 0 Å². The summed E-state index contributed by atoms with van der Waals surface area (Å²) < 4.78 is 5.52. The minimum absolute atomic E-state index is 0.185. The second kappa shape index (κ2) is 5.56. The van der Waals surface area contributed by atoms with Crippen molar-refractivity contribution in [3.05, 3.63) is 58.7 Å². The molecule has 0 aromatic heterocycles. The fourth-order valence-electron chi connectivity index (χ4n) is 3.39. The third-order valence-electron chi connectivity index (χ3n) is 4.57. The fraction of sp³-hybridized carbons (Fsp3) is 0.389. The van der Waals surface area contributed by atoms with Crippen LogP contribution in [-0.2, 0) is 9.53 Å². The molecule has 3 rings (SSSR count). The number of carbonyl (C=O) groups excluding carboxylic acids is 1. The Bertz CT molecular complexity index is 650. The van der Waals surface area contributed by atoms with Gasteiger partial charge in [-0.2, -0.15) is 0 Å². The van der Waals surface area contributed by atoms with Crippen LogP contribution >= 0.6 is 11.6 Å². The van der Waals surface area contributed by atoms with Crippen LogP contribution in [0.5, 0.6) is 0 Å². The van der Waals surface area contributed by atoms with Gasteiger partial charge in [-0.3, -0.25) is 4.90 Å². The second-order valence-electron chi connectivity index (χ2n) is 6.26. The van der Waals surface area contributed by atoms with Gasteiger partial charge in [-0.15, -0.1) is 6.58 Å². The Morgan fingerprint density at radius 3 is 2.77 bits per heavy atom. The van der Waals surface area contributed by atoms with Crippen LogP contribution in [0.4, 0.5) is 0 Å². The zero-order valence-corrected chi connectivity index (χ0v) is 13.7. The highest BCUT2D eigenvalue weighted by Gasteiger charge is 2.49. The zero-order valence-electron chi connectivity index (χ0n) is 12.9. The van der Waals surface area contributed by atoms with Gasteiger partial charge >= 0.3 is 5.97 Å². The van der Waals surface area contributed by atoms with Crippen molar-refractivity contribution in [2.75, 3.05) is 13.1 Å². The van der Waals surface area contributed by atoms with Gasteiger partial charge < -0.3 is 4.74 Å². The molecule has 1 aromatic rings. The summed E-state index contributed by atoms with van der Waals surface area (Å²) in [5, 5.41) is 0.262. The molecule has 1 fully saturated rings. The molecule has 1 aromatic carbocycles. The van der Waals surface area contributed by atoms with Crippen molar-refractivity contribution < 1.29 is 9.53 Å². The molecule has 2 aliphatic rings. The number of carbonyl (C=O) groups is 1. The molecule has 0 radical (unpaired) electrons. The number of hydrogen-bond acceptors (Lipinski definition) is 3. The third-order valence-corrected chi connectivity index (χ3v) is 4.95. The second-order valence-corrected chi connectivity index (χ2v) is 6.64. The largest absolute Gasteiger partial charge is 0.449 e. The number of likely N-dealkylation sites (tertiary alicyclic amines) is 1. The van der Waals surface area contributed by atoms with E-state index in [-0.39, 0.29) is 11.1 Å². The van der Waals surface area contributed by atoms with Crippen molar-refractivity contribution in [2.45, 2.75) is 31.9 Å². The van der Waals surface area contributed by atoms with Gasteiger partial charge in [0.1, 0.15) is 10.6 Å².